The zero-order chi connectivity index (χ0) is 40.3. The molecular formula is C42H60N8O6. The highest BCUT2D eigenvalue weighted by Crippen LogP contribution is 2.38. The number of anilines is 2. The van der Waals surface area contributed by atoms with Crippen LogP contribution in [0.15, 0.2) is 48.6 Å². The van der Waals surface area contributed by atoms with Crippen molar-refractivity contribution in [1.29, 1.82) is 0 Å². The third-order valence-electron chi connectivity index (χ3n) is 11.3. The number of piperidine rings is 2. The number of hydrogen-bond acceptors (Lipinski definition) is 12. The predicted molar refractivity (Wildman–Crippen MR) is 215 cm³/mol. The van der Waals surface area contributed by atoms with Crippen LogP contribution in [-0.4, -0.2) is 106 Å². The lowest BCUT2D eigenvalue weighted by molar-refractivity contribution is -0.149. The van der Waals surface area contributed by atoms with Crippen molar-refractivity contribution in [3.63, 3.8) is 0 Å². The van der Waals surface area contributed by atoms with Gasteiger partial charge in [-0.15, -0.1) is 10.3 Å². The molecule has 56 heavy (non-hydrogen) atoms. The number of rotatable bonds is 12. The van der Waals surface area contributed by atoms with E-state index in [9.17, 15) is 19.2 Å². The maximum atomic E-state index is 13.7. The second-order valence-electron chi connectivity index (χ2n) is 16.5. The van der Waals surface area contributed by atoms with Crippen molar-refractivity contribution in [3.05, 3.63) is 70.8 Å². The third kappa shape index (κ3) is 9.20. The molecule has 0 aromatic heterocycles. The highest BCUT2D eigenvalue weighted by molar-refractivity contribution is 6.02. The molecule has 14 nitrogen and oxygen atoms in total. The summed E-state index contributed by atoms with van der Waals surface area (Å²) in [5.41, 5.74) is 3.52. The summed E-state index contributed by atoms with van der Waals surface area (Å²) in [5, 5.41) is 12.9. The molecule has 304 valence electrons. The molecule has 2 aromatic rings. The SMILES string of the molecule is CC(C)N1CCC(NC(=O)c2cccc3c2N(OC(=O)/C=C/C(=O)ON2c4c(cccc4C(=O)NC4CCN(C(C)C)CC4)CN2C(C)C)N(C(C)C)C3)CC1. The molecule has 2 amide bonds. The van der Waals surface area contributed by atoms with Gasteiger partial charge in [0.1, 0.15) is 11.4 Å². The van der Waals surface area contributed by atoms with Gasteiger partial charge >= 0.3 is 11.9 Å². The summed E-state index contributed by atoms with van der Waals surface area (Å²) in [4.78, 5) is 70.8. The van der Waals surface area contributed by atoms with E-state index in [4.69, 9.17) is 9.68 Å². The number of carbonyl (C=O) groups is 4. The fraction of sp³-hybridized carbons (Fsp3) is 0.571. The Labute approximate surface area is 331 Å². The van der Waals surface area contributed by atoms with Crippen LogP contribution in [0.25, 0.3) is 0 Å². The number of nitrogens with zero attached hydrogens (tertiary/aromatic N) is 6. The lowest BCUT2D eigenvalue weighted by Crippen LogP contribution is -2.47. The first-order valence-corrected chi connectivity index (χ1v) is 20.3. The minimum atomic E-state index is -0.817. The average Bonchev–Trinajstić information content (AvgIpc) is 3.73. The summed E-state index contributed by atoms with van der Waals surface area (Å²) in [6.07, 6.45) is 5.48. The number of likely N-dealkylation sites (tertiary alicyclic amines) is 2. The first-order valence-electron chi connectivity index (χ1n) is 20.3. The van der Waals surface area contributed by atoms with Gasteiger partial charge in [0.15, 0.2) is 0 Å². The molecule has 2 saturated heterocycles. The lowest BCUT2D eigenvalue weighted by atomic mass is 10.0. The van der Waals surface area contributed by atoms with Gasteiger partial charge in [0.25, 0.3) is 11.8 Å². The number of amides is 2. The Hall–Kier alpha value is -4.50. The van der Waals surface area contributed by atoms with Crippen LogP contribution in [0.1, 0.15) is 113 Å². The molecule has 0 atom stereocenters. The maximum absolute atomic E-state index is 13.7. The molecule has 4 aliphatic heterocycles. The van der Waals surface area contributed by atoms with E-state index in [2.05, 4.69) is 48.1 Å². The van der Waals surface area contributed by atoms with Gasteiger partial charge in [0.05, 0.1) is 11.1 Å². The summed E-state index contributed by atoms with van der Waals surface area (Å²) >= 11 is 0. The van der Waals surface area contributed by atoms with E-state index in [1.54, 1.807) is 12.1 Å². The molecule has 0 unspecified atom stereocenters. The fourth-order valence-electron chi connectivity index (χ4n) is 7.99. The molecule has 0 radical (unpaired) electrons. The van der Waals surface area contributed by atoms with Crippen LogP contribution in [0.3, 0.4) is 0 Å². The quantitative estimate of drug-likeness (QED) is 0.283. The third-order valence-corrected chi connectivity index (χ3v) is 11.3. The monoisotopic (exact) mass is 772 g/mol. The van der Waals surface area contributed by atoms with Crippen molar-refractivity contribution in [1.82, 2.24) is 30.5 Å². The van der Waals surface area contributed by atoms with Crippen LogP contribution in [0.5, 0.6) is 0 Å². The summed E-state index contributed by atoms with van der Waals surface area (Å²) in [6, 6.07) is 11.9. The van der Waals surface area contributed by atoms with Crippen LogP contribution in [0.4, 0.5) is 11.4 Å². The van der Waals surface area contributed by atoms with Crippen LogP contribution in [-0.2, 0) is 32.4 Å². The second kappa shape index (κ2) is 17.7. The summed E-state index contributed by atoms with van der Waals surface area (Å²) in [6.45, 7) is 21.2. The predicted octanol–water partition coefficient (Wildman–Crippen LogP) is 4.96. The molecule has 6 rings (SSSR count). The van der Waals surface area contributed by atoms with Gasteiger partial charge in [-0.25, -0.2) is 9.59 Å². The van der Waals surface area contributed by atoms with Gasteiger partial charge in [0.2, 0.25) is 0 Å². The standard InChI is InChI=1S/C42H60N8O6/c1-27(2)45-21-17-33(18-22-45)43-41(53)35-13-9-11-31-25-47(29(5)6)49(39(31)35)55-37(51)15-16-38(52)56-50-40-32(26-48(50)30(7)8)12-10-14-36(40)42(54)44-34-19-23-46(24-20-34)28(3)4/h9-16,27-30,33-34H,17-26H2,1-8H3,(H,43,53)(H,44,54)/b16-15+. The van der Waals surface area contributed by atoms with E-state index in [-0.39, 0.29) is 36.0 Å². The number of para-hydroxylation sites is 2. The number of carbonyl (C=O) groups excluding carboxylic acids is 4. The summed E-state index contributed by atoms with van der Waals surface area (Å²) in [7, 11) is 0. The van der Waals surface area contributed by atoms with Crippen molar-refractivity contribution in [2.24, 2.45) is 0 Å². The Morgan fingerprint density at radius 3 is 1.25 bits per heavy atom. The molecular weight excluding hydrogens is 713 g/mol. The average molecular weight is 773 g/mol. The Balaban J connectivity index is 1.13. The number of hydrazine groups is 2. The van der Waals surface area contributed by atoms with Gasteiger partial charge < -0.3 is 30.1 Å². The zero-order valence-electron chi connectivity index (χ0n) is 34.3. The smallest absolute Gasteiger partial charge is 0.349 e. The van der Waals surface area contributed by atoms with Crippen molar-refractivity contribution in [3.8, 4) is 0 Å². The minimum absolute atomic E-state index is 0.0495. The number of benzene rings is 2. The van der Waals surface area contributed by atoms with Crippen LogP contribution in [0, 0.1) is 0 Å². The second-order valence-corrected chi connectivity index (χ2v) is 16.5. The van der Waals surface area contributed by atoms with E-state index >= 15 is 0 Å². The van der Waals surface area contributed by atoms with Crippen molar-refractivity contribution in [2.45, 2.75) is 130 Å². The summed E-state index contributed by atoms with van der Waals surface area (Å²) < 4.78 is 0. The molecule has 2 fully saturated rings. The van der Waals surface area contributed by atoms with E-state index in [1.807, 2.05) is 62.0 Å². The molecule has 0 aliphatic carbocycles. The molecule has 0 bridgehead atoms. The first-order chi connectivity index (χ1) is 26.7. The minimum Gasteiger partial charge on any atom is -0.349 e. The number of fused-ring (bicyclic) bond motifs is 2. The van der Waals surface area contributed by atoms with Crippen LogP contribution >= 0.6 is 0 Å². The molecule has 4 heterocycles. The number of hydrogen-bond donors (Lipinski definition) is 2. The summed E-state index contributed by atoms with van der Waals surface area (Å²) in [5.74, 6) is -2.08. The van der Waals surface area contributed by atoms with Gasteiger partial charge in [0, 0.05) is 87.7 Å². The number of nitrogens with one attached hydrogen (secondary N) is 2. The van der Waals surface area contributed by atoms with Crippen molar-refractivity contribution >= 4 is 35.1 Å². The van der Waals surface area contributed by atoms with Gasteiger partial charge in [-0.1, -0.05) is 24.3 Å². The molecule has 0 spiro atoms. The molecule has 0 saturated carbocycles. The first kappa shape index (κ1) is 41.1. The lowest BCUT2D eigenvalue weighted by Gasteiger charge is -2.35. The largest absolute Gasteiger partial charge is 0.358 e. The van der Waals surface area contributed by atoms with Gasteiger partial charge in [-0.2, -0.15) is 10.0 Å². The Kier molecular flexibility index (Phi) is 13.0. The van der Waals surface area contributed by atoms with Crippen LogP contribution < -0.4 is 21.0 Å². The zero-order valence-corrected chi connectivity index (χ0v) is 34.3. The van der Waals surface area contributed by atoms with Gasteiger partial charge in [-0.3, -0.25) is 9.59 Å². The van der Waals surface area contributed by atoms with Crippen LogP contribution in [0.2, 0.25) is 0 Å². The van der Waals surface area contributed by atoms with Gasteiger partial charge in [-0.05, 0) is 104 Å². The molecule has 14 heteroatoms. The van der Waals surface area contributed by atoms with Crippen molar-refractivity contribution in [2.75, 3.05) is 36.5 Å². The molecule has 2 aromatic carbocycles. The van der Waals surface area contributed by atoms with E-state index in [0.717, 1.165) is 75.1 Å². The molecule has 4 aliphatic rings. The fourth-order valence-corrected chi connectivity index (χ4v) is 7.99. The maximum Gasteiger partial charge on any atom is 0.358 e. The Morgan fingerprint density at radius 1 is 0.571 bits per heavy atom. The Morgan fingerprint density at radius 2 is 0.929 bits per heavy atom. The molecule has 2 N–H and O–H groups in total. The highest BCUT2D eigenvalue weighted by Gasteiger charge is 2.38. The van der Waals surface area contributed by atoms with E-state index < -0.39 is 11.9 Å². The highest BCUT2D eigenvalue weighted by atomic mass is 16.8. The van der Waals surface area contributed by atoms with Crippen molar-refractivity contribution < 1.29 is 28.9 Å². The van der Waals surface area contributed by atoms with E-state index in [1.165, 1.54) is 10.3 Å². The Bertz CT molecular complexity index is 1650. The van der Waals surface area contributed by atoms with E-state index in [0.29, 0.717) is 47.7 Å². The normalized spacial score (nSPS) is 19.1. The topological polar surface area (TPSA) is 130 Å².